The van der Waals surface area contributed by atoms with Crippen molar-refractivity contribution < 1.29 is 9.59 Å². The van der Waals surface area contributed by atoms with Crippen LogP contribution in [0.5, 0.6) is 0 Å². The summed E-state index contributed by atoms with van der Waals surface area (Å²) in [6.07, 6.45) is 4.25. The largest absolute Gasteiger partial charge is 0.358 e. The van der Waals surface area contributed by atoms with Crippen molar-refractivity contribution in [2.24, 2.45) is 0 Å². The molecule has 0 radical (unpaired) electrons. The third-order valence-corrected chi connectivity index (χ3v) is 8.23. The summed E-state index contributed by atoms with van der Waals surface area (Å²) in [7, 11) is 0. The summed E-state index contributed by atoms with van der Waals surface area (Å²) in [5.74, 6) is -0.319. The fourth-order valence-corrected chi connectivity index (χ4v) is 6.09. The van der Waals surface area contributed by atoms with Gasteiger partial charge in [0.15, 0.2) is 0 Å². The molecule has 5 heterocycles. The van der Waals surface area contributed by atoms with Crippen molar-refractivity contribution in [2.45, 2.75) is 26.7 Å². The number of hydrogen-bond donors (Lipinski definition) is 3. The first-order valence-corrected chi connectivity index (χ1v) is 14.1. The second-order valence-electron chi connectivity index (χ2n) is 9.98. The molecular formula is C30H30N6O2S. The number of nitrogens with zero attached hydrogens (tertiary/aromatic N) is 3. The number of anilines is 1. The number of thiazole rings is 1. The second kappa shape index (κ2) is 10.6. The van der Waals surface area contributed by atoms with Crippen LogP contribution in [0.4, 0.5) is 5.69 Å². The lowest BCUT2D eigenvalue weighted by Crippen LogP contribution is -2.33. The van der Waals surface area contributed by atoms with E-state index in [1.807, 2.05) is 61.7 Å². The lowest BCUT2D eigenvalue weighted by molar-refractivity contribution is -0.110. The van der Waals surface area contributed by atoms with Crippen molar-refractivity contribution in [2.75, 3.05) is 31.5 Å². The minimum atomic E-state index is -0.221. The van der Waals surface area contributed by atoms with E-state index in [9.17, 15) is 9.59 Å². The van der Waals surface area contributed by atoms with Gasteiger partial charge in [-0.15, -0.1) is 11.3 Å². The number of pyridine rings is 1. The van der Waals surface area contributed by atoms with E-state index >= 15 is 0 Å². The van der Waals surface area contributed by atoms with Crippen LogP contribution in [0.25, 0.3) is 33.6 Å². The normalized spacial score (nSPS) is 16.1. The zero-order valence-corrected chi connectivity index (χ0v) is 22.8. The molecule has 2 aliphatic heterocycles. The maximum atomic E-state index is 13.0. The van der Waals surface area contributed by atoms with E-state index in [1.54, 1.807) is 17.4 Å². The summed E-state index contributed by atoms with van der Waals surface area (Å²) in [6, 6.07) is 13.8. The first-order valence-electron chi connectivity index (χ1n) is 13.2. The van der Waals surface area contributed by atoms with Gasteiger partial charge in [-0.2, -0.15) is 0 Å². The van der Waals surface area contributed by atoms with Crippen LogP contribution in [0, 0.1) is 13.8 Å². The number of carbonyl (C=O) groups excluding carboxylic acids is 2. The van der Waals surface area contributed by atoms with Crippen molar-refractivity contribution in [3.8, 4) is 22.0 Å². The highest BCUT2D eigenvalue weighted by Crippen LogP contribution is 2.35. The van der Waals surface area contributed by atoms with Gasteiger partial charge in [0, 0.05) is 35.4 Å². The predicted molar refractivity (Wildman–Crippen MR) is 156 cm³/mol. The summed E-state index contributed by atoms with van der Waals surface area (Å²) < 4.78 is 0. The number of fused-ring (bicyclic) bond motifs is 1. The quantitative estimate of drug-likeness (QED) is 0.283. The van der Waals surface area contributed by atoms with Crippen molar-refractivity contribution >= 4 is 40.5 Å². The van der Waals surface area contributed by atoms with Gasteiger partial charge in [0.25, 0.3) is 11.8 Å². The Kier molecular flexibility index (Phi) is 6.85. The Morgan fingerprint density at radius 3 is 2.67 bits per heavy atom. The highest BCUT2D eigenvalue weighted by Gasteiger charge is 2.28. The molecule has 198 valence electrons. The molecule has 39 heavy (non-hydrogen) atoms. The fraction of sp³-hybridized carbons (Fsp3) is 0.267. The van der Waals surface area contributed by atoms with Crippen LogP contribution in [0.2, 0.25) is 0 Å². The molecule has 8 nitrogen and oxygen atoms in total. The third-order valence-electron chi connectivity index (χ3n) is 7.33. The minimum Gasteiger partial charge on any atom is -0.358 e. The van der Waals surface area contributed by atoms with E-state index in [1.165, 1.54) is 12.8 Å². The molecule has 6 rings (SSSR count). The van der Waals surface area contributed by atoms with E-state index < -0.39 is 0 Å². The molecule has 0 bridgehead atoms. The number of amides is 2. The van der Waals surface area contributed by atoms with Crippen LogP contribution in [0.15, 0.2) is 47.8 Å². The van der Waals surface area contributed by atoms with Crippen LogP contribution in [-0.2, 0) is 4.79 Å². The van der Waals surface area contributed by atoms with Crippen LogP contribution in [0.3, 0.4) is 0 Å². The first kappa shape index (κ1) is 25.2. The molecular weight excluding hydrogens is 508 g/mol. The number of likely N-dealkylation sites (tertiary alicyclic amines) is 1. The van der Waals surface area contributed by atoms with Crippen molar-refractivity contribution in [3.63, 3.8) is 0 Å². The van der Waals surface area contributed by atoms with Crippen LogP contribution >= 0.6 is 11.3 Å². The Morgan fingerprint density at radius 2 is 1.87 bits per heavy atom. The van der Waals surface area contributed by atoms with E-state index in [0.29, 0.717) is 34.8 Å². The summed E-state index contributed by atoms with van der Waals surface area (Å²) in [6.45, 7) is 7.48. The van der Waals surface area contributed by atoms with Gasteiger partial charge >= 0.3 is 0 Å². The molecule has 4 aromatic rings. The molecule has 1 aromatic carbocycles. The number of benzene rings is 1. The molecule has 0 unspecified atom stereocenters. The molecule has 1 saturated heterocycles. The van der Waals surface area contributed by atoms with Gasteiger partial charge in [-0.25, -0.2) is 9.97 Å². The van der Waals surface area contributed by atoms with Crippen LogP contribution < -0.4 is 10.6 Å². The van der Waals surface area contributed by atoms with E-state index in [-0.39, 0.29) is 11.8 Å². The number of aryl methyl sites for hydroxylation is 1. The maximum Gasteiger partial charge on any atom is 0.258 e. The number of carbonyl (C=O) groups is 2. The molecule has 2 aliphatic rings. The molecule has 0 atom stereocenters. The standard InChI is InChI=1S/C30H30N6O2S/c1-18-24(32-19(2)26(18)29(38)31-12-15-36-13-6-7-14-36)16-21-27-23(34-28(21)37)11-10-22(33-27)25-17-39-30(35-25)20-8-4-3-5-9-20/h3-5,8-11,16-17,32H,6-7,12-15H2,1-2H3,(H,31,38)(H,34,37)/b21-16-. The molecule has 0 aliphatic carbocycles. The average Bonchev–Trinajstić information content (AvgIpc) is 3.73. The summed E-state index contributed by atoms with van der Waals surface area (Å²) in [4.78, 5) is 41.2. The van der Waals surface area contributed by atoms with E-state index in [2.05, 4.69) is 20.5 Å². The number of H-pyrrole nitrogens is 1. The summed E-state index contributed by atoms with van der Waals surface area (Å²) in [5.41, 5.74) is 7.15. The van der Waals surface area contributed by atoms with Crippen molar-refractivity contribution in [3.05, 3.63) is 76.1 Å². The first-order chi connectivity index (χ1) is 19.0. The second-order valence-corrected chi connectivity index (χ2v) is 10.8. The van der Waals surface area contributed by atoms with Gasteiger partial charge < -0.3 is 20.5 Å². The van der Waals surface area contributed by atoms with Gasteiger partial charge in [0.2, 0.25) is 0 Å². The highest BCUT2D eigenvalue weighted by molar-refractivity contribution is 7.13. The number of aromatic nitrogens is 3. The number of hydrogen-bond acceptors (Lipinski definition) is 6. The van der Waals surface area contributed by atoms with Crippen LogP contribution in [0.1, 0.15) is 45.8 Å². The van der Waals surface area contributed by atoms with Crippen molar-refractivity contribution in [1.82, 2.24) is 25.2 Å². The molecule has 3 aromatic heterocycles. The Labute approximate surface area is 231 Å². The SMILES string of the molecule is Cc1[nH]c(/C=C2\C(=O)Nc3ccc(-c4csc(-c5ccccc5)n4)nc32)c(C)c1C(=O)NCCN1CCCC1. The third kappa shape index (κ3) is 5.03. The Balaban J connectivity index is 1.25. The van der Waals surface area contributed by atoms with Gasteiger partial charge in [-0.1, -0.05) is 30.3 Å². The molecule has 2 amide bonds. The average molecular weight is 539 g/mol. The Bertz CT molecular complexity index is 1580. The van der Waals surface area contributed by atoms with Crippen molar-refractivity contribution in [1.29, 1.82) is 0 Å². The molecule has 0 saturated carbocycles. The maximum absolute atomic E-state index is 13.0. The Morgan fingerprint density at radius 1 is 1.08 bits per heavy atom. The molecule has 3 N–H and O–H groups in total. The monoisotopic (exact) mass is 538 g/mol. The molecule has 1 fully saturated rings. The molecule has 0 spiro atoms. The highest BCUT2D eigenvalue weighted by atomic mass is 32.1. The van der Waals surface area contributed by atoms with Gasteiger partial charge in [0.05, 0.1) is 22.5 Å². The number of rotatable bonds is 7. The molecule has 9 heteroatoms. The fourth-order valence-electron chi connectivity index (χ4n) is 5.27. The zero-order chi connectivity index (χ0) is 26.9. The zero-order valence-electron chi connectivity index (χ0n) is 22.0. The predicted octanol–water partition coefficient (Wildman–Crippen LogP) is 5.14. The topological polar surface area (TPSA) is 103 Å². The van der Waals surface area contributed by atoms with Gasteiger partial charge in [-0.3, -0.25) is 9.59 Å². The van der Waals surface area contributed by atoms with Gasteiger partial charge in [-0.05, 0) is 63.6 Å². The lowest BCUT2D eigenvalue weighted by atomic mass is 10.1. The van der Waals surface area contributed by atoms with E-state index in [4.69, 9.17) is 9.97 Å². The minimum absolute atomic E-state index is 0.0977. The lowest BCUT2D eigenvalue weighted by Gasteiger charge is -2.14. The van der Waals surface area contributed by atoms with E-state index in [0.717, 1.165) is 52.9 Å². The van der Waals surface area contributed by atoms with Gasteiger partial charge in [0.1, 0.15) is 16.4 Å². The Hall–Kier alpha value is -4.08. The number of aromatic amines is 1. The summed E-state index contributed by atoms with van der Waals surface area (Å²) in [5, 5.41) is 8.87. The number of nitrogens with one attached hydrogen (secondary N) is 3. The smallest absolute Gasteiger partial charge is 0.258 e. The van der Waals surface area contributed by atoms with Crippen LogP contribution in [-0.4, -0.2) is 57.8 Å². The summed E-state index contributed by atoms with van der Waals surface area (Å²) >= 11 is 1.56.